The van der Waals surface area contributed by atoms with Gasteiger partial charge in [-0.2, -0.15) is 0 Å². The molecule has 0 spiro atoms. The van der Waals surface area contributed by atoms with Crippen LogP contribution in [0.15, 0.2) is 18.2 Å². The molecule has 1 aromatic rings. The maximum atomic E-state index is 11.4. The molecule has 4 heteroatoms. The van der Waals surface area contributed by atoms with Gasteiger partial charge in [0.2, 0.25) is 0 Å². The lowest BCUT2D eigenvalue weighted by Crippen LogP contribution is -2.38. The van der Waals surface area contributed by atoms with Gasteiger partial charge in [0.05, 0.1) is 6.61 Å². The molecule has 0 aromatic heterocycles. The summed E-state index contributed by atoms with van der Waals surface area (Å²) in [6, 6.07) is 5.61. The Morgan fingerprint density at radius 2 is 2.18 bits per heavy atom. The van der Waals surface area contributed by atoms with Gasteiger partial charge in [-0.3, -0.25) is 4.79 Å². The molecule has 1 atom stereocenters. The summed E-state index contributed by atoms with van der Waals surface area (Å²) >= 11 is 0. The summed E-state index contributed by atoms with van der Waals surface area (Å²) in [7, 11) is 0. The van der Waals surface area contributed by atoms with Crippen LogP contribution in [-0.2, 0) is 4.79 Å². The van der Waals surface area contributed by atoms with Crippen LogP contribution in [-0.4, -0.2) is 30.3 Å². The number of aliphatic hydroxyl groups excluding tert-OH is 1. The summed E-state index contributed by atoms with van der Waals surface area (Å²) in [6.45, 7) is 5.53. The molecule has 0 aliphatic carbocycles. The van der Waals surface area contributed by atoms with Crippen molar-refractivity contribution < 1.29 is 14.6 Å². The third kappa shape index (κ3) is 4.44. The van der Waals surface area contributed by atoms with Gasteiger partial charge in [0.25, 0.3) is 5.91 Å². The summed E-state index contributed by atoms with van der Waals surface area (Å²) in [4.78, 5) is 11.4. The maximum Gasteiger partial charge on any atom is 0.258 e. The number of carbonyl (C=O) groups excluding carboxylic acids is 1. The van der Waals surface area contributed by atoms with E-state index in [2.05, 4.69) is 5.32 Å². The Balaban J connectivity index is 2.50. The second kappa shape index (κ2) is 6.25. The predicted octanol–water partition coefficient (Wildman–Crippen LogP) is 1.18. The Morgan fingerprint density at radius 3 is 2.82 bits per heavy atom. The molecule has 1 rings (SSSR count). The number of nitrogens with one attached hydrogen (secondary N) is 1. The van der Waals surface area contributed by atoms with Crippen LogP contribution in [0.1, 0.15) is 18.1 Å². The molecule has 0 saturated heterocycles. The van der Waals surface area contributed by atoms with Gasteiger partial charge in [0.15, 0.2) is 6.61 Å². The van der Waals surface area contributed by atoms with Crippen molar-refractivity contribution in [3.05, 3.63) is 29.3 Å². The summed E-state index contributed by atoms with van der Waals surface area (Å²) in [5.74, 6) is 0.490. The van der Waals surface area contributed by atoms with Gasteiger partial charge in [-0.1, -0.05) is 12.1 Å². The van der Waals surface area contributed by atoms with E-state index >= 15 is 0 Å². The van der Waals surface area contributed by atoms with E-state index < -0.39 is 0 Å². The Hall–Kier alpha value is -1.55. The van der Waals surface area contributed by atoms with E-state index in [4.69, 9.17) is 9.84 Å². The highest BCUT2D eigenvalue weighted by Gasteiger charge is 2.07. The van der Waals surface area contributed by atoms with Crippen LogP contribution >= 0.6 is 0 Å². The van der Waals surface area contributed by atoms with E-state index in [1.165, 1.54) is 0 Å². The Labute approximate surface area is 102 Å². The van der Waals surface area contributed by atoms with Crippen LogP contribution in [0.3, 0.4) is 0 Å². The molecule has 0 aliphatic heterocycles. The number of amides is 1. The molecule has 94 valence electrons. The van der Waals surface area contributed by atoms with Gasteiger partial charge in [-0.05, 0) is 38.0 Å². The van der Waals surface area contributed by atoms with Crippen molar-refractivity contribution in [1.29, 1.82) is 0 Å². The second-order valence-electron chi connectivity index (χ2n) is 4.21. The largest absolute Gasteiger partial charge is 0.483 e. The highest BCUT2D eigenvalue weighted by Crippen LogP contribution is 2.18. The number of rotatable bonds is 5. The number of hydrogen-bond acceptors (Lipinski definition) is 3. The number of carbonyl (C=O) groups is 1. The Kier molecular flexibility index (Phi) is 4.97. The molecule has 1 amide bonds. The minimum atomic E-state index is -0.246. The normalized spacial score (nSPS) is 12.0. The first kappa shape index (κ1) is 13.5. The standard InChI is InChI=1S/C13H19NO3/c1-9-4-5-10(2)12(6-9)17-8-13(16)14-11(3)7-15/h4-6,11,15H,7-8H2,1-3H3,(H,14,16). The molecule has 0 bridgehead atoms. The smallest absolute Gasteiger partial charge is 0.258 e. The fourth-order valence-electron chi connectivity index (χ4n) is 1.37. The van der Waals surface area contributed by atoms with Crippen LogP contribution in [0.4, 0.5) is 0 Å². The van der Waals surface area contributed by atoms with Crippen LogP contribution in [0, 0.1) is 13.8 Å². The van der Waals surface area contributed by atoms with Crippen LogP contribution in [0.5, 0.6) is 5.75 Å². The zero-order valence-electron chi connectivity index (χ0n) is 10.5. The number of benzene rings is 1. The molecule has 1 aromatic carbocycles. The zero-order valence-corrected chi connectivity index (χ0v) is 10.5. The quantitative estimate of drug-likeness (QED) is 0.808. The topological polar surface area (TPSA) is 58.6 Å². The Morgan fingerprint density at radius 1 is 1.47 bits per heavy atom. The van der Waals surface area contributed by atoms with Gasteiger partial charge < -0.3 is 15.2 Å². The van der Waals surface area contributed by atoms with Gasteiger partial charge in [0, 0.05) is 6.04 Å². The van der Waals surface area contributed by atoms with Crippen molar-refractivity contribution in [2.24, 2.45) is 0 Å². The Bertz CT molecular complexity index is 390. The van der Waals surface area contributed by atoms with Gasteiger partial charge in [-0.15, -0.1) is 0 Å². The van der Waals surface area contributed by atoms with E-state index in [1.807, 2.05) is 32.0 Å². The summed E-state index contributed by atoms with van der Waals surface area (Å²) in [6.07, 6.45) is 0. The average Bonchev–Trinajstić information content (AvgIpc) is 2.30. The van der Waals surface area contributed by atoms with Crippen molar-refractivity contribution >= 4 is 5.91 Å². The first-order chi connectivity index (χ1) is 8.02. The number of aliphatic hydroxyl groups is 1. The second-order valence-corrected chi connectivity index (χ2v) is 4.21. The van der Waals surface area contributed by atoms with E-state index in [0.717, 1.165) is 16.9 Å². The maximum absolute atomic E-state index is 11.4. The minimum absolute atomic E-state index is 0.0331. The van der Waals surface area contributed by atoms with E-state index in [9.17, 15) is 4.79 Å². The van der Waals surface area contributed by atoms with Crippen LogP contribution in [0.2, 0.25) is 0 Å². The predicted molar refractivity (Wildman–Crippen MR) is 66.1 cm³/mol. The summed E-state index contributed by atoms with van der Waals surface area (Å²) < 4.78 is 5.43. The lowest BCUT2D eigenvalue weighted by atomic mass is 10.1. The van der Waals surface area contributed by atoms with Gasteiger partial charge in [0.1, 0.15) is 5.75 Å². The van der Waals surface area contributed by atoms with Gasteiger partial charge in [-0.25, -0.2) is 0 Å². The van der Waals surface area contributed by atoms with Crippen LogP contribution in [0.25, 0.3) is 0 Å². The van der Waals surface area contributed by atoms with Crippen molar-refractivity contribution in [3.8, 4) is 5.75 Å². The van der Waals surface area contributed by atoms with E-state index in [1.54, 1.807) is 6.92 Å². The van der Waals surface area contributed by atoms with Crippen molar-refractivity contribution in [2.75, 3.05) is 13.2 Å². The average molecular weight is 237 g/mol. The molecule has 0 radical (unpaired) electrons. The number of hydrogen-bond donors (Lipinski definition) is 2. The van der Waals surface area contributed by atoms with E-state index in [-0.39, 0.29) is 25.2 Å². The molecule has 0 fully saturated rings. The number of ether oxygens (including phenoxy) is 1. The zero-order chi connectivity index (χ0) is 12.8. The highest BCUT2D eigenvalue weighted by molar-refractivity contribution is 5.77. The third-order valence-electron chi connectivity index (χ3n) is 2.38. The van der Waals surface area contributed by atoms with Gasteiger partial charge >= 0.3 is 0 Å². The molecule has 0 heterocycles. The monoisotopic (exact) mass is 237 g/mol. The molecule has 0 saturated carbocycles. The molecular formula is C13H19NO3. The molecular weight excluding hydrogens is 218 g/mol. The minimum Gasteiger partial charge on any atom is -0.483 e. The number of aryl methyl sites for hydroxylation is 2. The SMILES string of the molecule is Cc1ccc(C)c(OCC(=O)NC(C)CO)c1. The fourth-order valence-corrected chi connectivity index (χ4v) is 1.37. The summed E-state index contributed by atoms with van der Waals surface area (Å²) in [5, 5.41) is 11.4. The third-order valence-corrected chi connectivity index (χ3v) is 2.38. The highest BCUT2D eigenvalue weighted by atomic mass is 16.5. The fraction of sp³-hybridized carbons (Fsp3) is 0.462. The molecule has 17 heavy (non-hydrogen) atoms. The van der Waals surface area contributed by atoms with E-state index in [0.29, 0.717) is 0 Å². The summed E-state index contributed by atoms with van der Waals surface area (Å²) in [5.41, 5.74) is 2.09. The molecule has 1 unspecified atom stereocenters. The molecule has 4 nitrogen and oxygen atoms in total. The lowest BCUT2D eigenvalue weighted by Gasteiger charge is -2.13. The van der Waals surface area contributed by atoms with Crippen molar-refractivity contribution in [3.63, 3.8) is 0 Å². The van der Waals surface area contributed by atoms with Crippen LogP contribution < -0.4 is 10.1 Å². The van der Waals surface area contributed by atoms with Crippen molar-refractivity contribution in [1.82, 2.24) is 5.32 Å². The van der Waals surface area contributed by atoms with Crippen molar-refractivity contribution in [2.45, 2.75) is 26.8 Å². The molecule has 0 aliphatic rings. The molecule has 2 N–H and O–H groups in total. The first-order valence-electron chi connectivity index (χ1n) is 5.63. The lowest BCUT2D eigenvalue weighted by molar-refractivity contribution is -0.124. The first-order valence-corrected chi connectivity index (χ1v) is 5.63.